The molecular weight excluding hydrogens is 943 g/mol. The standard InChI is InChI=1S/C23H17BrCl2N2O3S.C10H12N2O4.C7H5BrO2/c24-16-5-2-1-4-15(16)22(32)28-19(23(30)31)12-13-8-10-14(11-9-13)27-21(29)20-17(25)6-3-7-18(20)26;1-16-10(13)9(11)6-7-2-4-8(5-3-7)12(14)15;8-6-4-2-1-3-5(6)7(9)10/h1-11,19H,12H2,(H,27,29)(H,28,32)(H,30,31);2-5,9H,6,11H2,1H3;1-4H,(H,9,10). The van der Waals surface area contributed by atoms with Gasteiger partial charge in [-0.2, -0.15) is 0 Å². The Bertz CT molecular complexity index is 2250. The van der Waals surface area contributed by atoms with Gasteiger partial charge in [-0.3, -0.25) is 19.7 Å². The third-order valence-electron chi connectivity index (χ3n) is 7.77. The molecule has 5 rings (SSSR count). The molecule has 2 unspecified atom stereocenters. The topological polar surface area (TPSA) is 211 Å². The molecule has 0 aliphatic carbocycles. The number of carbonyl (C=O) groups is 4. The number of nitro benzene ring substituents is 1. The van der Waals surface area contributed by atoms with Gasteiger partial charge in [0.15, 0.2) is 0 Å². The number of benzene rings is 5. The maximum Gasteiger partial charge on any atom is 0.336 e. The molecule has 302 valence electrons. The quantitative estimate of drug-likeness (QED) is 0.0344. The summed E-state index contributed by atoms with van der Waals surface area (Å²) in [4.78, 5) is 56.0. The second-order valence-electron chi connectivity index (χ2n) is 11.8. The summed E-state index contributed by atoms with van der Waals surface area (Å²) in [5.74, 6) is -2.87. The Hall–Kier alpha value is -5.23. The number of nitro groups is 1. The van der Waals surface area contributed by atoms with E-state index in [0.717, 1.165) is 15.6 Å². The van der Waals surface area contributed by atoms with Crippen LogP contribution in [0.5, 0.6) is 0 Å². The number of aliphatic carboxylic acids is 1. The molecule has 2 atom stereocenters. The molecular formula is C40H34Br2Cl2N4O9S. The third kappa shape index (κ3) is 14.6. The summed E-state index contributed by atoms with van der Waals surface area (Å²) in [6.45, 7) is 0. The molecule has 0 radical (unpaired) electrons. The molecule has 0 aromatic heterocycles. The van der Waals surface area contributed by atoms with Crippen LogP contribution in [-0.2, 0) is 27.2 Å². The zero-order chi connectivity index (χ0) is 42.9. The van der Waals surface area contributed by atoms with Gasteiger partial charge in [0.1, 0.15) is 17.1 Å². The van der Waals surface area contributed by atoms with E-state index in [2.05, 4.69) is 47.2 Å². The zero-order valence-corrected chi connectivity index (χ0v) is 35.7. The van der Waals surface area contributed by atoms with E-state index in [1.165, 1.54) is 19.2 Å². The fraction of sp³-hybridized carbons (Fsp3) is 0.125. The maximum absolute atomic E-state index is 12.5. The number of esters is 1. The van der Waals surface area contributed by atoms with Crippen molar-refractivity contribution in [3.8, 4) is 0 Å². The van der Waals surface area contributed by atoms with Crippen LogP contribution in [-0.4, -0.2) is 63.1 Å². The molecule has 18 heteroatoms. The lowest BCUT2D eigenvalue weighted by molar-refractivity contribution is -0.384. The van der Waals surface area contributed by atoms with E-state index in [1.54, 1.807) is 84.9 Å². The van der Waals surface area contributed by atoms with Crippen LogP contribution in [0, 0.1) is 10.1 Å². The smallest absolute Gasteiger partial charge is 0.336 e. The number of hydrogen-bond donors (Lipinski definition) is 5. The molecule has 6 N–H and O–H groups in total. The molecule has 0 fully saturated rings. The third-order valence-corrected chi connectivity index (χ3v) is 10.1. The van der Waals surface area contributed by atoms with E-state index >= 15 is 0 Å². The fourth-order valence-corrected chi connectivity index (χ4v) is 6.78. The number of hydrogen-bond acceptors (Lipinski definition) is 9. The first-order valence-corrected chi connectivity index (χ1v) is 19.4. The molecule has 1 amide bonds. The Morgan fingerprint density at radius 1 is 0.793 bits per heavy atom. The summed E-state index contributed by atoms with van der Waals surface area (Å²) in [6.07, 6.45) is 0.495. The number of thiocarbonyl (C=S) groups is 1. The second-order valence-corrected chi connectivity index (χ2v) is 14.8. The number of aromatic carboxylic acids is 1. The van der Waals surface area contributed by atoms with Crippen LogP contribution in [0.25, 0.3) is 0 Å². The van der Waals surface area contributed by atoms with E-state index in [1.807, 2.05) is 18.2 Å². The summed E-state index contributed by atoms with van der Waals surface area (Å²) in [6, 6.07) is 29.9. The van der Waals surface area contributed by atoms with Gasteiger partial charge < -0.3 is 31.3 Å². The number of nitrogens with zero attached hydrogens (tertiary/aromatic N) is 1. The van der Waals surface area contributed by atoms with Crippen molar-refractivity contribution in [2.75, 3.05) is 12.4 Å². The van der Waals surface area contributed by atoms with Gasteiger partial charge in [-0.05, 0) is 75.9 Å². The molecule has 0 aliphatic heterocycles. The van der Waals surface area contributed by atoms with Gasteiger partial charge in [0.25, 0.3) is 11.6 Å². The number of anilines is 1. The number of carboxylic acid groups (broad SMARTS) is 2. The highest BCUT2D eigenvalue weighted by molar-refractivity contribution is 9.10. The number of ether oxygens (including phenoxy) is 1. The van der Waals surface area contributed by atoms with Crippen LogP contribution in [0.15, 0.2) is 124 Å². The molecule has 5 aromatic carbocycles. The minimum Gasteiger partial charge on any atom is -0.480 e. The van der Waals surface area contributed by atoms with E-state index in [0.29, 0.717) is 32.7 Å². The first kappa shape index (κ1) is 47.1. The highest BCUT2D eigenvalue weighted by atomic mass is 79.9. The number of amides is 1. The normalized spacial score (nSPS) is 11.2. The van der Waals surface area contributed by atoms with Crippen LogP contribution >= 0.6 is 67.3 Å². The van der Waals surface area contributed by atoms with Crippen LogP contribution in [0.3, 0.4) is 0 Å². The van der Waals surface area contributed by atoms with Crippen LogP contribution in [0.2, 0.25) is 10.0 Å². The maximum atomic E-state index is 12.5. The lowest BCUT2D eigenvalue weighted by atomic mass is 10.0. The zero-order valence-electron chi connectivity index (χ0n) is 30.2. The van der Waals surface area contributed by atoms with Crippen molar-refractivity contribution < 1.29 is 39.1 Å². The highest BCUT2D eigenvalue weighted by Gasteiger charge is 2.21. The van der Waals surface area contributed by atoms with Crippen molar-refractivity contribution in [2.24, 2.45) is 5.73 Å². The predicted molar refractivity (Wildman–Crippen MR) is 233 cm³/mol. The minimum absolute atomic E-state index is 0.00962. The molecule has 0 aliphatic rings. The Morgan fingerprint density at radius 2 is 1.29 bits per heavy atom. The fourth-order valence-electron chi connectivity index (χ4n) is 4.83. The largest absolute Gasteiger partial charge is 0.480 e. The monoisotopic (exact) mass is 974 g/mol. The molecule has 0 bridgehead atoms. The van der Waals surface area contributed by atoms with Gasteiger partial charge in [-0.25, -0.2) is 9.59 Å². The Kier molecular flexibility index (Phi) is 18.9. The number of halogens is 4. The molecule has 58 heavy (non-hydrogen) atoms. The average Bonchev–Trinajstić information content (AvgIpc) is 3.18. The van der Waals surface area contributed by atoms with E-state index in [-0.39, 0.29) is 27.7 Å². The number of rotatable bonds is 12. The SMILES string of the molecule is COC(=O)C(N)Cc1ccc([N+](=O)[O-])cc1.O=C(Nc1ccc(CC(NC(=S)c2ccccc2Br)C(=O)O)cc1)c1c(Cl)cccc1Cl.O=C(O)c1ccccc1Br. The lowest BCUT2D eigenvalue weighted by Crippen LogP contribution is -2.42. The second kappa shape index (κ2) is 23.2. The molecule has 0 saturated carbocycles. The summed E-state index contributed by atoms with van der Waals surface area (Å²) >= 11 is 24.1. The van der Waals surface area contributed by atoms with E-state index in [4.69, 9.17) is 46.3 Å². The number of methoxy groups -OCH3 is 1. The molecule has 13 nitrogen and oxygen atoms in total. The summed E-state index contributed by atoms with van der Waals surface area (Å²) in [7, 11) is 1.26. The van der Waals surface area contributed by atoms with Crippen LogP contribution in [0.4, 0.5) is 11.4 Å². The number of non-ortho nitro benzene ring substituents is 1. The summed E-state index contributed by atoms with van der Waals surface area (Å²) in [5, 5.41) is 34.7. The van der Waals surface area contributed by atoms with E-state index in [9.17, 15) is 34.4 Å². The number of carbonyl (C=O) groups excluding carboxylic acids is 2. The van der Waals surface area contributed by atoms with Gasteiger partial charge in [0, 0.05) is 38.7 Å². The predicted octanol–water partition coefficient (Wildman–Crippen LogP) is 8.75. The molecule has 0 spiro atoms. The van der Waals surface area contributed by atoms with Crippen molar-refractivity contribution in [1.82, 2.24) is 5.32 Å². The van der Waals surface area contributed by atoms with Gasteiger partial charge in [-0.15, -0.1) is 0 Å². The molecule has 0 saturated heterocycles. The molecule has 5 aromatic rings. The lowest BCUT2D eigenvalue weighted by Gasteiger charge is -2.17. The van der Waals surface area contributed by atoms with Crippen molar-refractivity contribution in [3.63, 3.8) is 0 Å². The van der Waals surface area contributed by atoms with Gasteiger partial charge >= 0.3 is 17.9 Å². The van der Waals surface area contributed by atoms with Gasteiger partial charge in [0.05, 0.1) is 33.2 Å². The van der Waals surface area contributed by atoms with Crippen molar-refractivity contribution in [3.05, 3.63) is 172 Å². The summed E-state index contributed by atoms with van der Waals surface area (Å²) in [5.41, 5.74) is 8.79. The number of nitrogens with two attached hydrogens (primary N) is 1. The minimum atomic E-state index is -1.02. The van der Waals surface area contributed by atoms with Gasteiger partial charge in [0.2, 0.25) is 0 Å². The van der Waals surface area contributed by atoms with Crippen molar-refractivity contribution in [2.45, 2.75) is 24.9 Å². The number of carboxylic acids is 2. The molecule has 0 heterocycles. The Labute approximate surface area is 364 Å². The number of nitrogens with one attached hydrogen (secondary N) is 2. The highest BCUT2D eigenvalue weighted by Crippen LogP contribution is 2.26. The first-order valence-electron chi connectivity index (χ1n) is 16.7. The average molecular weight is 978 g/mol. The van der Waals surface area contributed by atoms with Crippen molar-refractivity contribution in [1.29, 1.82) is 0 Å². The Balaban J connectivity index is 0.000000285. The van der Waals surface area contributed by atoms with Crippen molar-refractivity contribution >= 4 is 107 Å². The van der Waals surface area contributed by atoms with Gasteiger partial charge in [-0.1, -0.05) is 112 Å². The van der Waals surface area contributed by atoms with E-state index < -0.39 is 40.8 Å². The first-order chi connectivity index (χ1) is 27.5. The Morgan fingerprint density at radius 3 is 1.76 bits per heavy atom. The van der Waals surface area contributed by atoms with Crippen LogP contribution < -0.4 is 16.4 Å². The summed E-state index contributed by atoms with van der Waals surface area (Å²) < 4.78 is 5.87. The van der Waals surface area contributed by atoms with Crippen LogP contribution in [0.1, 0.15) is 37.4 Å².